The van der Waals surface area contributed by atoms with Gasteiger partial charge in [-0.05, 0) is 18.1 Å². The Labute approximate surface area is 76.4 Å². The molecule has 2 aliphatic rings. The van der Waals surface area contributed by atoms with E-state index in [1.54, 1.807) is 6.20 Å². The molecule has 0 spiro atoms. The number of nitrogens with zero attached hydrogens (tertiary/aromatic N) is 1. The summed E-state index contributed by atoms with van der Waals surface area (Å²) in [7, 11) is 0. The van der Waals surface area contributed by atoms with Crippen molar-refractivity contribution in [2.24, 2.45) is 0 Å². The van der Waals surface area contributed by atoms with Gasteiger partial charge in [-0.3, -0.25) is 4.98 Å². The van der Waals surface area contributed by atoms with Crippen molar-refractivity contribution < 1.29 is 4.74 Å². The van der Waals surface area contributed by atoms with Gasteiger partial charge in [-0.15, -0.1) is 0 Å². The van der Waals surface area contributed by atoms with Crippen LogP contribution in [0.5, 0.6) is 5.75 Å². The minimum absolute atomic E-state index is 0.675. The van der Waals surface area contributed by atoms with Crippen LogP contribution in [0.15, 0.2) is 24.2 Å². The number of rotatable bonds is 0. The maximum atomic E-state index is 5.55. The second-order valence-electron chi connectivity index (χ2n) is 3.29. The lowest BCUT2D eigenvalue weighted by Crippen LogP contribution is -2.17. The molecule has 1 aromatic rings. The predicted molar refractivity (Wildman–Crippen MR) is 49.3 cm³/mol. The number of fused-ring (bicyclic) bond motifs is 2. The first kappa shape index (κ1) is 6.95. The summed E-state index contributed by atoms with van der Waals surface area (Å²) in [5.41, 5.74) is 3.86. The lowest BCUT2D eigenvalue weighted by molar-refractivity contribution is 0.338. The smallest absolute Gasteiger partial charge is 0.145 e. The van der Waals surface area contributed by atoms with E-state index < -0.39 is 0 Å². The van der Waals surface area contributed by atoms with Crippen molar-refractivity contribution in [1.29, 1.82) is 0 Å². The Bertz CT molecular complexity index is 384. The Balaban J connectivity index is 2.18. The molecule has 0 amide bonds. The summed E-state index contributed by atoms with van der Waals surface area (Å²) >= 11 is 0. The highest BCUT2D eigenvalue weighted by atomic mass is 16.5. The lowest BCUT2D eigenvalue weighted by atomic mass is 10.0. The number of nitrogens with one attached hydrogen (secondary N) is 1. The average molecular weight is 174 g/mol. The molecule has 0 radical (unpaired) electrons. The topological polar surface area (TPSA) is 34.1 Å². The third-order valence-electron chi connectivity index (χ3n) is 2.56. The first-order valence-corrected chi connectivity index (χ1v) is 4.48. The summed E-state index contributed by atoms with van der Waals surface area (Å²) in [5, 5.41) is 3.33. The van der Waals surface area contributed by atoms with Crippen LogP contribution < -0.4 is 10.1 Å². The van der Waals surface area contributed by atoms with Crippen LogP contribution in [0.25, 0.3) is 5.57 Å². The summed E-state index contributed by atoms with van der Waals surface area (Å²) in [5.74, 6) is 0.921. The van der Waals surface area contributed by atoms with Gasteiger partial charge in [0.25, 0.3) is 0 Å². The van der Waals surface area contributed by atoms with Gasteiger partial charge in [-0.1, -0.05) is 0 Å². The molecule has 0 fully saturated rings. The van der Waals surface area contributed by atoms with Gasteiger partial charge in [0, 0.05) is 18.3 Å². The quantitative estimate of drug-likeness (QED) is 0.641. The molecule has 3 nitrogen and oxygen atoms in total. The van der Waals surface area contributed by atoms with Crippen LogP contribution in [-0.2, 0) is 0 Å². The van der Waals surface area contributed by atoms with E-state index in [2.05, 4.69) is 10.3 Å². The monoisotopic (exact) mass is 174 g/mol. The molecule has 1 N–H and O–H groups in total. The number of aromatic nitrogens is 1. The Kier molecular flexibility index (Phi) is 1.33. The van der Waals surface area contributed by atoms with Gasteiger partial charge >= 0.3 is 0 Å². The van der Waals surface area contributed by atoms with Crippen LogP contribution >= 0.6 is 0 Å². The Morgan fingerprint density at radius 2 is 2.46 bits per heavy atom. The van der Waals surface area contributed by atoms with Gasteiger partial charge in [0.15, 0.2) is 0 Å². The van der Waals surface area contributed by atoms with Crippen molar-refractivity contribution in [3.63, 3.8) is 0 Å². The zero-order valence-corrected chi connectivity index (χ0v) is 7.21. The molecule has 0 saturated heterocycles. The van der Waals surface area contributed by atoms with E-state index in [1.807, 2.05) is 12.3 Å². The van der Waals surface area contributed by atoms with E-state index in [4.69, 9.17) is 4.74 Å². The number of pyridine rings is 1. The van der Waals surface area contributed by atoms with Crippen molar-refractivity contribution in [2.45, 2.75) is 6.42 Å². The van der Waals surface area contributed by atoms with E-state index in [0.717, 1.165) is 18.7 Å². The fourth-order valence-electron chi connectivity index (χ4n) is 1.93. The van der Waals surface area contributed by atoms with Gasteiger partial charge in [-0.25, -0.2) is 0 Å². The van der Waals surface area contributed by atoms with Crippen molar-refractivity contribution in [3.05, 3.63) is 29.7 Å². The van der Waals surface area contributed by atoms with Crippen molar-refractivity contribution >= 4 is 5.57 Å². The largest absolute Gasteiger partial charge is 0.485 e. The predicted octanol–water partition coefficient (Wildman–Crippen LogP) is 1.18. The van der Waals surface area contributed by atoms with E-state index in [-0.39, 0.29) is 0 Å². The van der Waals surface area contributed by atoms with Crippen molar-refractivity contribution in [1.82, 2.24) is 10.3 Å². The number of hydrogen-bond donors (Lipinski definition) is 1. The fraction of sp³-hybridized carbons (Fsp3) is 0.300. The van der Waals surface area contributed by atoms with Crippen LogP contribution in [0, 0.1) is 0 Å². The first-order valence-electron chi connectivity index (χ1n) is 4.48. The Hall–Kier alpha value is -1.51. The highest BCUT2D eigenvalue weighted by molar-refractivity contribution is 5.75. The third-order valence-corrected chi connectivity index (χ3v) is 2.56. The molecule has 13 heavy (non-hydrogen) atoms. The van der Waals surface area contributed by atoms with Crippen molar-refractivity contribution in [2.75, 3.05) is 13.2 Å². The molecule has 2 aliphatic heterocycles. The average Bonchev–Trinajstić information content (AvgIpc) is 2.65. The van der Waals surface area contributed by atoms with E-state index in [9.17, 15) is 0 Å². The van der Waals surface area contributed by atoms with Crippen LogP contribution in [0.3, 0.4) is 0 Å². The molecule has 0 saturated carbocycles. The highest BCUT2D eigenvalue weighted by Gasteiger charge is 2.23. The van der Waals surface area contributed by atoms with Crippen LogP contribution in [-0.4, -0.2) is 18.1 Å². The summed E-state index contributed by atoms with van der Waals surface area (Å²) in [6.07, 6.45) is 4.71. The number of ether oxygens (including phenoxy) is 1. The summed E-state index contributed by atoms with van der Waals surface area (Å²) in [4.78, 5) is 4.04. The maximum Gasteiger partial charge on any atom is 0.145 e. The van der Waals surface area contributed by atoms with E-state index in [1.165, 1.54) is 16.8 Å². The zero-order valence-electron chi connectivity index (χ0n) is 7.21. The van der Waals surface area contributed by atoms with Crippen LogP contribution in [0.1, 0.15) is 12.0 Å². The summed E-state index contributed by atoms with van der Waals surface area (Å²) in [6, 6.07) is 2.02. The summed E-state index contributed by atoms with van der Waals surface area (Å²) < 4.78 is 5.55. The van der Waals surface area contributed by atoms with Gasteiger partial charge in [-0.2, -0.15) is 0 Å². The van der Waals surface area contributed by atoms with Gasteiger partial charge in [0.1, 0.15) is 12.4 Å². The highest BCUT2D eigenvalue weighted by Crippen LogP contribution is 2.35. The molecule has 3 heterocycles. The standard InChI is InChI=1S/C10H10N2O/c1-3-11-5-10-8(1)7-2-4-12-9(7)6-13-10/h1,3,5,12H,2,4,6H2. The second kappa shape index (κ2) is 2.49. The molecular weight excluding hydrogens is 164 g/mol. The van der Waals surface area contributed by atoms with Crippen LogP contribution in [0.2, 0.25) is 0 Å². The minimum atomic E-state index is 0.675. The fourth-order valence-corrected chi connectivity index (χ4v) is 1.93. The molecule has 1 aromatic heterocycles. The first-order chi connectivity index (χ1) is 6.45. The van der Waals surface area contributed by atoms with Gasteiger partial charge < -0.3 is 10.1 Å². The molecule has 3 rings (SSSR count). The summed E-state index contributed by atoms with van der Waals surface area (Å²) in [6.45, 7) is 1.71. The molecule has 0 aromatic carbocycles. The van der Waals surface area contributed by atoms with E-state index >= 15 is 0 Å². The third kappa shape index (κ3) is 0.932. The lowest BCUT2D eigenvalue weighted by Gasteiger charge is -2.18. The second-order valence-corrected chi connectivity index (χ2v) is 3.29. The van der Waals surface area contributed by atoms with Gasteiger partial charge in [0.05, 0.1) is 11.9 Å². The van der Waals surface area contributed by atoms with Crippen LogP contribution in [0.4, 0.5) is 0 Å². The molecule has 0 unspecified atom stereocenters. The van der Waals surface area contributed by atoms with E-state index in [0.29, 0.717) is 6.61 Å². The Morgan fingerprint density at radius 3 is 3.46 bits per heavy atom. The normalized spacial score (nSPS) is 18.8. The molecular formula is C10H10N2O. The van der Waals surface area contributed by atoms with Crippen molar-refractivity contribution in [3.8, 4) is 5.75 Å². The van der Waals surface area contributed by atoms with Gasteiger partial charge in [0.2, 0.25) is 0 Å². The zero-order chi connectivity index (χ0) is 8.67. The molecule has 0 bridgehead atoms. The molecule has 0 atom stereocenters. The maximum absolute atomic E-state index is 5.55. The number of hydrogen-bond acceptors (Lipinski definition) is 3. The SMILES string of the molecule is c1cc2c(cn1)OCC1=C2CCN1. The molecule has 0 aliphatic carbocycles. The molecule has 66 valence electrons. The molecule has 3 heteroatoms. The minimum Gasteiger partial charge on any atom is -0.485 e. The Morgan fingerprint density at radius 1 is 1.46 bits per heavy atom.